The van der Waals surface area contributed by atoms with E-state index in [0.717, 1.165) is 5.69 Å². The number of hydrogen-bond donors (Lipinski definition) is 1. The van der Waals surface area contributed by atoms with Crippen molar-refractivity contribution < 1.29 is 22.7 Å². The number of rotatable bonds is 6. The number of nitrogens with one attached hydrogen (secondary N) is 1. The van der Waals surface area contributed by atoms with E-state index >= 15 is 0 Å². The van der Waals surface area contributed by atoms with E-state index in [-0.39, 0.29) is 13.2 Å². The summed E-state index contributed by atoms with van der Waals surface area (Å²) in [5.41, 5.74) is 1.12. The molecule has 8 heteroatoms. The first-order valence-corrected chi connectivity index (χ1v) is 6.48. The summed E-state index contributed by atoms with van der Waals surface area (Å²) >= 11 is 0. The molecule has 0 saturated carbocycles. The molecule has 1 N–H and O–H groups in total. The minimum atomic E-state index is -4.36. The molecule has 0 saturated heterocycles. The van der Waals surface area contributed by atoms with Gasteiger partial charge in [0.15, 0.2) is 0 Å². The molecule has 1 heterocycles. The third kappa shape index (κ3) is 4.88. The number of alkyl halides is 3. The summed E-state index contributed by atoms with van der Waals surface area (Å²) in [6.07, 6.45) is -1.43. The molecule has 22 heavy (non-hydrogen) atoms. The molecule has 0 atom stereocenters. The zero-order valence-electron chi connectivity index (χ0n) is 11.5. The first kappa shape index (κ1) is 16.0. The van der Waals surface area contributed by atoms with Gasteiger partial charge in [-0.15, -0.1) is 0 Å². The Kier molecular flexibility index (Phi) is 5.16. The minimum Gasteiger partial charge on any atom is -0.370 e. The Hall–Kier alpha value is -2.35. The highest BCUT2D eigenvalue weighted by atomic mass is 19.4. The predicted octanol–water partition coefficient (Wildman–Crippen LogP) is 2.18. The standard InChI is InChI=1S/C14H14F3N3O2/c15-14(16,17)10-22-7-6-18-13(21)11-8-19-20(9-11)12-4-2-1-3-5-12/h1-5,8-9H,6-7,10H2,(H,18,21). The summed E-state index contributed by atoms with van der Waals surface area (Å²) in [4.78, 5) is 11.8. The van der Waals surface area contributed by atoms with Gasteiger partial charge in [0.2, 0.25) is 0 Å². The fourth-order valence-corrected chi connectivity index (χ4v) is 1.69. The number of hydrogen-bond acceptors (Lipinski definition) is 3. The number of benzene rings is 1. The third-order valence-corrected chi connectivity index (χ3v) is 2.66. The van der Waals surface area contributed by atoms with Gasteiger partial charge in [-0.2, -0.15) is 18.3 Å². The lowest BCUT2D eigenvalue weighted by Crippen LogP contribution is -2.28. The Balaban J connectivity index is 1.80. The number of para-hydroxylation sites is 1. The molecule has 2 rings (SSSR count). The molecule has 1 aromatic heterocycles. The Bertz CT molecular complexity index is 611. The Morgan fingerprint density at radius 3 is 2.68 bits per heavy atom. The van der Waals surface area contributed by atoms with E-state index in [2.05, 4.69) is 15.2 Å². The summed E-state index contributed by atoms with van der Waals surface area (Å²) in [5.74, 6) is -0.419. The number of amides is 1. The van der Waals surface area contributed by atoms with Crippen LogP contribution in [0.25, 0.3) is 5.69 Å². The molecule has 0 aliphatic heterocycles. The highest BCUT2D eigenvalue weighted by Gasteiger charge is 2.27. The van der Waals surface area contributed by atoms with E-state index in [1.54, 1.807) is 6.20 Å². The second-order valence-corrected chi connectivity index (χ2v) is 4.43. The van der Waals surface area contributed by atoms with Crippen molar-refractivity contribution in [2.75, 3.05) is 19.8 Å². The maximum atomic E-state index is 11.8. The maximum Gasteiger partial charge on any atom is 0.411 e. The van der Waals surface area contributed by atoms with E-state index in [1.807, 2.05) is 30.3 Å². The monoisotopic (exact) mass is 313 g/mol. The van der Waals surface area contributed by atoms with Gasteiger partial charge in [-0.3, -0.25) is 4.79 Å². The van der Waals surface area contributed by atoms with Crippen LogP contribution in [0.2, 0.25) is 0 Å². The quantitative estimate of drug-likeness (QED) is 0.832. The molecule has 5 nitrogen and oxygen atoms in total. The SMILES string of the molecule is O=C(NCCOCC(F)(F)F)c1cnn(-c2ccccc2)c1. The number of ether oxygens (including phenoxy) is 1. The van der Waals surface area contributed by atoms with Crippen LogP contribution in [0.5, 0.6) is 0 Å². The lowest BCUT2D eigenvalue weighted by Gasteiger charge is -2.07. The third-order valence-electron chi connectivity index (χ3n) is 2.66. The molecule has 0 fully saturated rings. The van der Waals surface area contributed by atoms with Gasteiger partial charge in [0.25, 0.3) is 5.91 Å². The van der Waals surface area contributed by atoms with Gasteiger partial charge in [-0.25, -0.2) is 4.68 Å². The van der Waals surface area contributed by atoms with Crippen LogP contribution in [0.15, 0.2) is 42.7 Å². The minimum absolute atomic E-state index is 0.00850. The average Bonchev–Trinajstić information content (AvgIpc) is 2.96. The number of halogens is 3. The van der Waals surface area contributed by atoms with E-state index in [4.69, 9.17) is 0 Å². The van der Waals surface area contributed by atoms with Crippen molar-refractivity contribution in [2.24, 2.45) is 0 Å². The van der Waals surface area contributed by atoms with Crippen LogP contribution in [0, 0.1) is 0 Å². The zero-order valence-corrected chi connectivity index (χ0v) is 11.5. The van der Waals surface area contributed by atoms with E-state index < -0.39 is 18.7 Å². The van der Waals surface area contributed by atoms with Crippen molar-refractivity contribution in [1.82, 2.24) is 15.1 Å². The topological polar surface area (TPSA) is 56.1 Å². The van der Waals surface area contributed by atoms with Crippen LogP contribution in [0.4, 0.5) is 13.2 Å². The van der Waals surface area contributed by atoms with Crippen LogP contribution in [-0.2, 0) is 4.74 Å². The molecule has 0 spiro atoms. The molecule has 0 bridgehead atoms. The van der Waals surface area contributed by atoms with Crippen molar-refractivity contribution in [3.63, 3.8) is 0 Å². The molecular weight excluding hydrogens is 299 g/mol. The maximum absolute atomic E-state index is 11.8. The smallest absolute Gasteiger partial charge is 0.370 e. The molecule has 0 aliphatic carbocycles. The Morgan fingerprint density at radius 2 is 2.00 bits per heavy atom. The summed E-state index contributed by atoms with van der Waals surface area (Å²) in [7, 11) is 0. The molecule has 118 valence electrons. The lowest BCUT2D eigenvalue weighted by atomic mass is 10.3. The first-order valence-electron chi connectivity index (χ1n) is 6.48. The predicted molar refractivity (Wildman–Crippen MR) is 72.8 cm³/mol. The lowest BCUT2D eigenvalue weighted by molar-refractivity contribution is -0.173. The van der Waals surface area contributed by atoms with Crippen LogP contribution < -0.4 is 5.32 Å². The molecule has 1 aromatic carbocycles. The molecule has 0 aliphatic rings. The van der Waals surface area contributed by atoms with Gasteiger partial charge >= 0.3 is 6.18 Å². The van der Waals surface area contributed by atoms with Crippen molar-refractivity contribution in [2.45, 2.75) is 6.18 Å². The van der Waals surface area contributed by atoms with Gasteiger partial charge in [-0.05, 0) is 12.1 Å². The number of carbonyl (C=O) groups excluding carboxylic acids is 1. The van der Waals surface area contributed by atoms with Crippen molar-refractivity contribution in [3.8, 4) is 5.69 Å². The summed E-state index contributed by atoms with van der Waals surface area (Å²) in [6.45, 7) is -1.54. The highest BCUT2D eigenvalue weighted by molar-refractivity contribution is 5.93. The number of carbonyl (C=O) groups is 1. The summed E-state index contributed by atoms with van der Waals surface area (Å²) in [6, 6.07) is 9.21. The van der Waals surface area contributed by atoms with Crippen LogP contribution in [-0.4, -0.2) is 41.6 Å². The Labute approximate surface area is 124 Å². The van der Waals surface area contributed by atoms with Crippen molar-refractivity contribution >= 4 is 5.91 Å². The van der Waals surface area contributed by atoms with E-state index in [9.17, 15) is 18.0 Å². The summed E-state index contributed by atoms with van der Waals surface area (Å²) < 4.78 is 41.5. The molecular formula is C14H14F3N3O2. The van der Waals surface area contributed by atoms with Gasteiger partial charge in [0.05, 0.1) is 24.1 Å². The second-order valence-electron chi connectivity index (χ2n) is 4.43. The summed E-state index contributed by atoms with van der Waals surface area (Å²) in [5, 5.41) is 6.53. The fraction of sp³-hybridized carbons (Fsp3) is 0.286. The van der Waals surface area contributed by atoms with Gasteiger partial charge < -0.3 is 10.1 Å². The van der Waals surface area contributed by atoms with Gasteiger partial charge in [0, 0.05) is 12.7 Å². The first-order chi connectivity index (χ1) is 10.5. The Morgan fingerprint density at radius 1 is 1.27 bits per heavy atom. The van der Waals surface area contributed by atoms with Crippen LogP contribution in [0.3, 0.4) is 0 Å². The van der Waals surface area contributed by atoms with E-state index in [1.165, 1.54) is 10.9 Å². The second kappa shape index (κ2) is 7.08. The molecule has 0 unspecified atom stereocenters. The number of nitrogens with zero attached hydrogens (tertiary/aromatic N) is 2. The van der Waals surface area contributed by atoms with Crippen LogP contribution >= 0.6 is 0 Å². The van der Waals surface area contributed by atoms with Crippen LogP contribution in [0.1, 0.15) is 10.4 Å². The largest absolute Gasteiger partial charge is 0.411 e. The zero-order chi connectivity index (χ0) is 16.0. The normalized spacial score (nSPS) is 11.4. The fourth-order valence-electron chi connectivity index (χ4n) is 1.69. The number of aromatic nitrogens is 2. The van der Waals surface area contributed by atoms with E-state index in [0.29, 0.717) is 5.56 Å². The van der Waals surface area contributed by atoms with Gasteiger partial charge in [0.1, 0.15) is 6.61 Å². The van der Waals surface area contributed by atoms with Crippen molar-refractivity contribution in [3.05, 3.63) is 48.3 Å². The highest BCUT2D eigenvalue weighted by Crippen LogP contribution is 2.14. The molecule has 0 radical (unpaired) electrons. The molecule has 2 aromatic rings. The van der Waals surface area contributed by atoms with Crippen molar-refractivity contribution in [1.29, 1.82) is 0 Å². The van der Waals surface area contributed by atoms with Gasteiger partial charge in [-0.1, -0.05) is 18.2 Å². The average molecular weight is 313 g/mol. The molecule has 1 amide bonds.